The van der Waals surface area contributed by atoms with E-state index in [2.05, 4.69) is 0 Å². The van der Waals surface area contributed by atoms with Crippen molar-refractivity contribution in [3.05, 3.63) is 33.6 Å². The number of nitrogen functional groups attached to an aromatic ring is 1. The number of hydrogen-bond acceptors (Lipinski definition) is 5. The minimum absolute atomic E-state index is 0.0317. The van der Waals surface area contributed by atoms with E-state index in [-0.39, 0.29) is 39.8 Å². The molecular weight excluding hydrogens is 370 g/mol. The first-order valence-corrected chi connectivity index (χ1v) is 9.34. The average molecular weight is 390 g/mol. The molecule has 0 radical (unpaired) electrons. The highest BCUT2D eigenvalue weighted by molar-refractivity contribution is 6.00. The van der Waals surface area contributed by atoms with Crippen LogP contribution in [-0.4, -0.2) is 34.8 Å². The van der Waals surface area contributed by atoms with Gasteiger partial charge in [0.15, 0.2) is 11.6 Å². The molecule has 2 aromatic rings. The van der Waals surface area contributed by atoms with Gasteiger partial charge in [-0.05, 0) is 31.7 Å². The monoisotopic (exact) mass is 390 g/mol. The van der Waals surface area contributed by atoms with Gasteiger partial charge in [-0.15, -0.1) is 0 Å². The summed E-state index contributed by atoms with van der Waals surface area (Å²) in [5, 5.41) is 9.25. The maximum Gasteiger partial charge on any atom is 0.341 e. The predicted molar refractivity (Wildman–Crippen MR) is 99.6 cm³/mol. The summed E-state index contributed by atoms with van der Waals surface area (Å²) in [6.45, 7) is 0.890. The zero-order valence-electron chi connectivity index (χ0n) is 15.0. The average Bonchev–Trinajstić information content (AvgIpc) is 3.53. The quantitative estimate of drug-likeness (QED) is 0.689. The number of carbonyl (C=O) groups is 1. The molecule has 5 N–H and O–H groups in total. The van der Waals surface area contributed by atoms with Gasteiger partial charge in [-0.1, -0.05) is 0 Å². The minimum atomic E-state index is -1.45. The Morgan fingerprint density at radius 3 is 2.50 bits per heavy atom. The number of fused-ring (bicyclic) bond motifs is 1. The number of nitrogens with two attached hydrogens (primary N) is 2. The highest BCUT2D eigenvalue weighted by Crippen LogP contribution is 2.53. The van der Waals surface area contributed by atoms with E-state index in [1.807, 2.05) is 0 Å². The van der Waals surface area contributed by atoms with Gasteiger partial charge in [0.05, 0.1) is 11.2 Å². The van der Waals surface area contributed by atoms with E-state index in [0.717, 1.165) is 23.5 Å². The van der Waals surface area contributed by atoms with Crippen LogP contribution < -0.4 is 21.9 Å². The SMILES string of the molecule is Nc1c(F)c(N2CCC3(CC3N)C2)c(F)c2c1cc(C(=O)O)c(=O)n2C1CC1. The van der Waals surface area contributed by atoms with Gasteiger partial charge in [-0.3, -0.25) is 4.79 Å². The van der Waals surface area contributed by atoms with Crippen LogP contribution in [0.15, 0.2) is 10.9 Å². The fourth-order valence-electron chi connectivity index (χ4n) is 4.57. The number of pyridine rings is 1. The molecule has 2 saturated carbocycles. The van der Waals surface area contributed by atoms with Crippen molar-refractivity contribution in [1.82, 2.24) is 4.57 Å². The van der Waals surface area contributed by atoms with Crippen LogP contribution in [-0.2, 0) is 0 Å². The van der Waals surface area contributed by atoms with Gasteiger partial charge in [0, 0.05) is 36.0 Å². The summed E-state index contributed by atoms with van der Waals surface area (Å²) in [6, 6.07) is 0.708. The Morgan fingerprint density at radius 1 is 1.29 bits per heavy atom. The van der Waals surface area contributed by atoms with Crippen LogP contribution in [0.25, 0.3) is 10.9 Å². The Balaban J connectivity index is 1.78. The molecular formula is C19H20F2N4O3. The fraction of sp³-hybridized carbons (Fsp3) is 0.474. The number of carboxylic acids is 1. The first-order chi connectivity index (χ1) is 13.2. The number of anilines is 2. The van der Waals surface area contributed by atoms with Crippen molar-refractivity contribution in [2.75, 3.05) is 23.7 Å². The Kier molecular flexibility index (Phi) is 3.38. The zero-order valence-corrected chi connectivity index (χ0v) is 15.0. The standard InChI is InChI=1S/C19H20F2N4O3/c20-12-14(23)9-5-10(18(27)28)17(26)25(8-1-2-8)15(9)13(21)16(12)24-4-3-19(7-24)6-11(19)22/h5,8,11H,1-4,6-7,22-23H2,(H,27,28). The largest absolute Gasteiger partial charge is 0.477 e. The number of rotatable bonds is 3. The van der Waals surface area contributed by atoms with Gasteiger partial charge in [-0.2, -0.15) is 0 Å². The van der Waals surface area contributed by atoms with Crippen molar-refractivity contribution >= 4 is 28.2 Å². The molecule has 2 atom stereocenters. The molecule has 2 aliphatic carbocycles. The van der Waals surface area contributed by atoms with Gasteiger partial charge >= 0.3 is 5.97 Å². The number of nitrogens with zero attached hydrogens (tertiary/aromatic N) is 2. The van der Waals surface area contributed by atoms with Crippen molar-refractivity contribution < 1.29 is 18.7 Å². The molecule has 1 saturated heterocycles. The number of benzene rings is 1. The van der Waals surface area contributed by atoms with Crippen LogP contribution in [0.4, 0.5) is 20.2 Å². The second-order valence-electron chi connectivity index (χ2n) is 8.27. The van der Waals surface area contributed by atoms with Gasteiger partial charge in [-0.25, -0.2) is 13.6 Å². The van der Waals surface area contributed by atoms with Crippen LogP contribution >= 0.6 is 0 Å². The second-order valence-corrected chi connectivity index (χ2v) is 8.27. The fourth-order valence-corrected chi connectivity index (χ4v) is 4.57. The van der Waals surface area contributed by atoms with E-state index >= 15 is 8.78 Å². The Bertz CT molecular complexity index is 1110. The molecule has 148 valence electrons. The summed E-state index contributed by atoms with van der Waals surface area (Å²) in [6.07, 6.45) is 2.83. The lowest BCUT2D eigenvalue weighted by Crippen LogP contribution is -2.29. The van der Waals surface area contributed by atoms with Gasteiger partial charge in [0.1, 0.15) is 11.3 Å². The molecule has 3 aliphatic rings. The van der Waals surface area contributed by atoms with E-state index in [0.29, 0.717) is 25.9 Å². The van der Waals surface area contributed by atoms with Crippen molar-refractivity contribution in [3.8, 4) is 0 Å². The number of carboxylic acid groups (broad SMARTS) is 1. The molecule has 0 bridgehead atoms. The molecule has 3 fully saturated rings. The third kappa shape index (κ3) is 2.22. The smallest absolute Gasteiger partial charge is 0.341 e. The molecule has 5 rings (SSSR count). The zero-order chi connectivity index (χ0) is 20.0. The van der Waals surface area contributed by atoms with Crippen molar-refractivity contribution in [2.24, 2.45) is 11.1 Å². The first kappa shape index (κ1) is 17.4. The Morgan fingerprint density at radius 2 is 1.96 bits per heavy atom. The maximum absolute atomic E-state index is 15.6. The van der Waals surface area contributed by atoms with Gasteiger partial charge in [0.25, 0.3) is 5.56 Å². The summed E-state index contributed by atoms with van der Waals surface area (Å²) >= 11 is 0. The lowest BCUT2D eigenvalue weighted by molar-refractivity contribution is 0.0694. The molecule has 28 heavy (non-hydrogen) atoms. The highest BCUT2D eigenvalue weighted by Gasteiger charge is 2.56. The molecule has 2 unspecified atom stereocenters. The van der Waals surface area contributed by atoms with Gasteiger partial charge < -0.3 is 26.0 Å². The summed E-state index contributed by atoms with van der Waals surface area (Å²) < 4.78 is 31.9. The molecule has 0 amide bonds. The van der Waals surface area contributed by atoms with E-state index in [1.54, 1.807) is 4.90 Å². The summed E-state index contributed by atoms with van der Waals surface area (Å²) in [5.41, 5.74) is 9.82. The van der Waals surface area contributed by atoms with Crippen LogP contribution in [0, 0.1) is 17.0 Å². The summed E-state index contributed by atoms with van der Waals surface area (Å²) in [4.78, 5) is 25.8. The van der Waals surface area contributed by atoms with Crippen molar-refractivity contribution in [1.29, 1.82) is 0 Å². The Labute approximate surface area is 158 Å². The molecule has 2 heterocycles. The molecule has 1 aliphatic heterocycles. The minimum Gasteiger partial charge on any atom is -0.477 e. The van der Waals surface area contributed by atoms with Crippen molar-refractivity contribution in [2.45, 2.75) is 37.8 Å². The Hall–Kier alpha value is -2.68. The van der Waals surface area contributed by atoms with E-state index < -0.39 is 28.7 Å². The first-order valence-electron chi connectivity index (χ1n) is 9.34. The van der Waals surface area contributed by atoms with Crippen molar-refractivity contribution in [3.63, 3.8) is 0 Å². The third-order valence-electron chi connectivity index (χ3n) is 6.48. The van der Waals surface area contributed by atoms with Crippen LogP contribution in [0.5, 0.6) is 0 Å². The van der Waals surface area contributed by atoms with Crippen LogP contribution in [0.1, 0.15) is 42.1 Å². The maximum atomic E-state index is 15.6. The molecule has 9 heteroatoms. The lowest BCUT2D eigenvalue weighted by atomic mass is 10.1. The number of halogens is 2. The molecule has 1 aromatic heterocycles. The highest BCUT2D eigenvalue weighted by atomic mass is 19.1. The normalized spacial score (nSPS) is 26.4. The van der Waals surface area contributed by atoms with E-state index in [4.69, 9.17) is 11.5 Å². The topological polar surface area (TPSA) is 115 Å². The number of aromatic carboxylic acids is 1. The third-order valence-corrected chi connectivity index (χ3v) is 6.48. The van der Waals surface area contributed by atoms with Crippen LogP contribution in [0.2, 0.25) is 0 Å². The summed E-state index contributed by atoms with van der Waals surface area (Å²) in [7, 11) is 0. The molecule has 1 spiro atoms. The lowest BCUT2D eigenvalue weighted by Gasteiger charge is -2.24. The number of hydrogen-bond donors (Lipinski definition) is 3. The van der Waals surface area contributed by atoms with Crippen LogP contribution in [0.3, 0.4) is 0 Å². The molecule has 1 aromatic carbocycles. The summed E-state index contributed by atoms with van der Waals surface area (Å²) in [5.74, 6) is -3.24. The second kappa shape index (κ2) is 5.44. The number of aromatic nitrogens is 1. The predicted octanol–water partition coefficient (Wildman–Crippen LogP) is 1.82. The molecule has 7 nitrogen and oxygen atoms in total. The van der Waals surface area contributed by atoms with E-state index in [9.17, 15) is 14.7 Å². The van der Waals surface area contributed by atoms with Gasteiger partial charge in [0.2, 0.25) is 0 Å². The van der Waals surface area contributed by atoms with E-state index in [1.165, 1.54) is 0 Å².